The van der Waals surface area contributed by atoms with Crippen molar-refractivity contribution in [3.05, 3.63) is 53.6 Å². The third kappa shape index (κ3) is 3.18. The van der Waals surface area contributed by atoms with Gasteiger partial charge in [0.2, 0.25) is 5.91 Å². The summed E-state index contributed by atoms with van der Waals surface area (Å²) in [4.78, 5) is 21.3. The fourth-order valence-corrected chi connectivity index (χ4v) is 2.92. The van der Waals surface area contributed by atoms with Crippen molar-refractivity contribution in [3.63, 3.8) is 0 Å². The highest BCUT2D eigenvalue weighted by Crippen LogP contribution is 2.38. The van der Waals surface area contributed by atoms with E-state index in [0.29, 0.717) is 26.0 Å². The van der Waals surface area contributed by atoms with E-state index in [9.17, 15) is 4.79 Å². The minimum Gasteiger partial charge on any atom is -0.493 e. The molecule has 1 unspecified atom stereocenters. The summed E-state index contributed by atoms with van der Waals surface area (Å²) in [5.74, 6) is 0.842. The summed E-state index contributed by atoms with van der Waals surface area (Å²) in [6, 6.07) is 7.77. The summed E-state index contributed by atoms with van der Waals surface area (Å²) in [5.41, 5.74) is 2.19. The van der Waals surface area contributed by atoms with Gasteiger partial charge in [0, 0.05) is 30.9 Å². The van der Waals surface area contributed by atoms with Crippen LogP contribution >= 0.6 is 0 Å². The second-order valence-electron chi connectivity index (χ2n) is 6.08. The van der Waals surface area contributed by atoms with E-state index in [1.54, 1.807) is 12.4 Å². The zero-order valence-corrected chi connectivity index (χ0v) is 13.5. The van der Waals surface area contributed by atoms with Crippen molar-refractivity contribution in [2.24, 2.45) is 0 Å². The van der Waals surface area contributed by atoms with Crippen LogP contribution in [0.4, 0.5) is 0 Å². The lowest BCUT2D eigenvalue weighted by Crippen LogP contribution is -2.45. The molecule has 0 aliphatic carbocycles. The molecule has 1 aliphatic heterocycles. The molecule has 1 atom stereocenters. The van der Waals surface area contributed by atoms with Gasteiger partial charge in [0.05, 0.1) is 23.4 Å². The molecule has 0 radical (unpaired) electrons. The molecule has 0 saturated carbocycles. The van der Waals surface area contributed by atoms with Crippen molar-refractivity contribution in [1.29, 1.82) is 0 Å². The zero-order valence-electron chi connectivity index (χ0n) is 13.5. The van der Waals surface area contributed by atoms with E-state index in [1.165, 1.54) is 0 Å². The molecule has 5 heteroatoms. The third-order valence-corrected chi connectivity index (χ3v) is 4.31. The molecule has 23 heavy (non-hydrogen) atoms. The van der Waals surface area contributed by atoms with Gasteiger partial charge in [-0.3, -0.25) is 14.8 Å². The zero-order chi connectivity index (χ0) is 16.3. The largest absolute Gasteiger partial charge is 0.493 e. The molecule has 0 fully saturated rings. The van der Waals surface area contributed by atoms with Crippen molar-refractivity contribution in [2.45, 2.75) is 32.1 Å². The Hall–Kier alpha value is -2.43. The molecule has 1 amide bonds. The van der Waals surface area contributed by atoms with Crippen LogP contribution in [0.3, 0.4) is 0 Å². The number of benzene rings is 1. The summed E-state index contributed by atoms with van der Waals surface area (Å²) in [6.07, 6.45) is 4.82. The molecule has 1 N–H and O–H groups in total. The van der Waals surface area contributed by atoms with Gasteiger partial charge in [0.25, 0.3) is 0 Å². The maximum absolute atomic E-state index is 12.7. The number of nitrogens with zero attached hydrogens (tertiary/aromatic N) is 2. The van der Waals surface area contributed by atoms with E-state index < -0.39 is 5.41 Å². The summed E-state index contributed by atoms with van der Waals surface area (Å²) in [7, 11) is 0. The summed E-state index contributed by atoms with van der Waals surface area (Å²) in [6.45, 7) is 5.01. The van der Waals surface area contributed by atoms with Crippen molar-refractivity contribution in [2.75, 3.05) is 13.2 Å². The van der Waals surface area contributed by atoms with Gasteiger partial charge in [0.1, 0.15) is 5.75 Å². The number of aromatic nitrogens is 2. The minimum atomic E-state index is -0.548. The second-order valence-corrected chi connectivity index (χ2v) is 6.08. The van der Waals surface area contributed by atoms with Crippen LogP contribution in [0.25, 0.3) is 0 Å². The van der Waals surface area contributed by atoms with E-state index in [4.69, 9.17) is 4.74 Å². The number of ether oxygens (including phenoxy) is 1. The smallest absolute Gasteiger partial charge is 0.230 e. The topological polar surface area (TPSA) is 64.1 Å². The third-order valence-electron chi connectivity index (χ3n) is 4.31. The average molecular weight is 311 g/mol. The quantitative estimate of drug-likeness (QED) is 0.940. The summed E-state index contributed by atoms with van der Waals surface area (Å²) < 4.78 is 5.66. The van der Waals surface area contributed by atoms with Gasteiger partial charge >= 0.3 is 0 Å². The fourth-order valence-electron chi connectivity index (χ4n) is 2.92. The molecular weight excluding hydrogens is 290 g/mol. The Morgan fingerprint density at radius 2 is 2.17 bits per heavy atom. The van der Waals surface area contributed by atoms with E-state index in [-0.39, 0.29) is 5.91 Å². The summed E-state index contributed by atoms with van der Waals surface area (Å²) in [5, 5.41) is 3.04. The lowest BCUT2D eigenvalue weighted by Gasteiger charge is -2.34. The average Bonchev–Trinajstić information content (AvgIpc) is 2.55. The number of carbonyl (C=O) groups is 1. The molecule has 2 aromatic rings. The van der Waals surface area contributed by atoms with Crippen LogP contribution in [0, 0.1) is 6.92 Å². The Labute approximate surface area is 136 Å². The van der Waals surface area contributed by atoms with Crippen molar-refractivity contribution in [3.8, 4) is 5.75 Å². The number of hydrogen-bond acceptors (Lipinski definition) is 4. The first-order valence-electron chi connectivity index (χ1n) is 7.88. The first-order valence-corrected chi connectivity index (χ1v) is 7.88. The van der Waals surface area contributed by atoms with Gasteiger partial charge in [-0.1, -0.05) is 18.2 Å². The van der Waals surface area contributed by atoms with E-state index >= 15 is 0 Å². The summed E-state index contributed by atoms with van der Waals surface area (Å²) >= 11 is 0. The van der Waals surface area contributed by atoms with E-state index in [1.807, 2.05) is 38.1 Å². The van der Waals surface area contributed by atoms with Crippen LogP contribution in [0.15, 0.2) is 36.7 Å². The van der Waals surface area contributed by atoms with Crippen molar-refractivity contribution < 1.29 is 9.53 Å². The molecule has 0 saturated heterocycles. The van der Waals surface area contributed by atoms with Crippen LogP contribution in [0.5, 0.6) is 5.75 Å². The van der Waals surface area contributed by atoms with Crippen LogP contribution in [-0.4, -0.2) is 29.0 Å². The monoisotopic (exact) mass is 311 g/mol. The van der Waals surface area contributed by atoms with Crippen LogP contribution in [0.1, 0.15) is 30.3 Å². The SMILES string of the molecule is Cc1cncc(CCNC(=O)C2(C)CCOc3ccccc32)n1. The van der Waals surface area contributed by atoms with Gasteiger partial charge in [-0.25, -0.2) is 0 Å². The number of fused-ring (bicyclic) bond motifs is 1. The van der Waals surface area contributed by atoms with Gasteiger partial charge in [-0.05, 0) is 26.3 Å². The highest BCUT2D eigenvalue weighted by atomic mass is 16.5. The van der Waals surface area contributed by atoms with Crippen LogP contribution in [-0.2, 0) is 16.6 Å². The number of hydrogen-bond donors (Lipinski definition) is 1. The Bertz CT molecular complexity index is 717. The molecule has 0 bridgehead atoms. The van der Waals surface area contributed by atoms with E-state index in [2.05, 4.69) is 15.3 Å². The number of para-hydroxylation sites is 1. The van der Waals surface area contributed by atoms with Gasteiger partial charge in [0.15, 0.2) is 0 Å². The van der Waals surface area contributed by atoms with Gasteiger partial charge < -0.3 is 10.1 Å². The maximum Gasteiger partial charge on any atom is 0.230 e. The molecule has 5 nitrogen and oxygen atoms in total. The Kier molecular flexibility index (Phi) is 4.28. The number of amides is 1. The maximum atomic E-state index is 12.7. The normalized spacial score (nSPS) is 19.6. The van der Waals surface area contributed by atoms with Crippen LogP contribution < -0.4 is 10.1 Å². The molecule has 1 aromatic carbocycles. The Balaban J connectivity index is 1.66. The molecule has 2 heterocycles. The Morgan fingerprint density at radius 3 is 3.00 bits per heavy atom. The van der Waals surface area contributed by atoms with Crippen molar-refractivity contribution >= 4 is 5.91 Å². The molecule has 120 valence electrons. The highest BCUT2D eigenvalue weighted by Gasteiger charge is 2.39. The lowest BCUT2D eigenvalue weighted by molar-refractivity contribution is -0.127. The Morgan fingerprint density at radius 1 is 1.35 bits per heavy atom. The molecule has 0 spiro atoms. The van der Waals surface area contributed by atoms with Crippen molar-refractivity contribution in [1.82, 2.24) is 15.3 Å². The predicted molar refractivity (Wildman–Crippen MR) is 87.4 cm³/mol. The van der Waals surface area contributed by atoms with Gasteiger partial charge in [-0.2, -0.15) is 0 Å². The predicted octanol–water partition coefficient (Wildman–Crippen LogP) is 2.18. The molecule has 1 aliphatic rings. The molecular formula is C18H21N3O2. The minimum absolute atomic E-state index is 0.0360. The fraction of sp³-hybridized carbons (Fsp3) is 0.389. The standard InChI is InChI=1S/C18H21N3O2/c1-13-11-19-12-14(21-13)7-9-20-17(22)18(2)8-10-23-16-6-4-3-5-15(16)18/h3-6,11-12H,7-10H2,1-2H3,(H,20,22). The second kappa shape index (κ2) is 6.36. The van der Waals surface area contributed by atoms with Crippen LogP contribution in [0.2, 0.25) is 0 Å². The number of rotatable bonds is 4. The lowest BCUT2D eigenvalue weighted by atomic mass is 9.77. The molecule has 1 aromatic heterocycles. The number of nitrogens with one attached hydrogen (secondary N) is 1. The first-order chi connectivity index (χ1) is 11.1. The molecule has 3 rings (SSSR count). The number of aryl methyl sites for hydroxylation is 1. The first kappa shape index (κ1) is 15.5. The highest BCUT2D eigenvalue weighted by molar-refractivity contribution is 5.88. The van der Waals surface area contributed by atoms with Gasteiger partial charge in [-0.15, -0.1) is 0 Å². The number of carbonyl (C=O) groups excluding carboxylic acids is 1. The van der Waals surface area contributed by atoms with E-state index in [0.717, 1.165) is 22.7 Å².